The molecule has 0 radical (unpaired) electrons. The molecule has 5 nitrogen and oxygen atoms in total. The molecular formula is C11H25N2O3+. The van der Waals surface area contributed by atoms with Crippen LogP contribution in [-0.2, 0) is 14.3 Å². The number of hydrogen-bond acceptors (Lipinski definition) is 4. The number of ketones is 1. The molecule has 0 unspecified atom stereocenters. The molecule has 96 valence electrons. The minimum Gasteiger partial charge on any atom is -0.373 e. The van der Waals surface area contributed by atoms with Gasteiger partial charge >= 0.3 is 0 Å². The zero-order chi connectivity index (χ0) is 12.4. The average molecular weight is 233 g/mol. The number of carbonyl (C=O) groups excluding carboxylic acids is 1. The van der Waals surface area contributed by atoms with Crippen LogP contribution in [0.2, 0.25) is 0 Å². The van der Waals surface area contributed by atoms with E-state index < -0.39 is 0 Å². The highest BCUT2D eigenvalue weighted by Crippen LogP contribution is 1.94. The Morgan fingerprint density at radius 3 is 2.31 bits per heavy atom. The van der Waals surface area contributed by atoms with Crippen molar-refractivity contribution < 1.29 is 18.8 Å². The molecule has 0 saturated heterocycles. The summed E-state index contributed by atoms with van der Waals surface area (Å²) < 4.78 is 11.3. The lowest BCUT2D eigenvalue weighted by Crippen LogP contribution is -2.45. The van der Waals surface area contributed by atoms with E-state index in [1.807, 2.05) is 0 Å². The van der Waals surface area contributed by atoms with Crippen LogP contribution in [0.5, 0.6) is 0 Å². The Balaban J connectivity index is 3.29. The maximum absolute atomic E-state index is 10.6. The van der Waals surface area contributed by atoms with Gasteiger partial charge in [0.2, 0.25) is 0 Å². The fourth-order valence-corrected chi connectivity index (χ4v) is 1.21. The second-order valence-corrected chi connectivity index (χ2v) is 4.54. The van der Waals surface area contributed by atoms with Crippen LogP contribution in [0.1, 0.15) is 6.92 Å². The summed E-state index contributed by atoms with van der Waals surface area (Å²) in [6.45, 7) is 5.96. The molecular weight excluding hydrogens is 208 g/mol. The number of quaternary nitrogens is 1. The summed E-state index contributed by atoms with van der Waals surface area (Å²) in [5, 5.41) is 0. The number of Topliss-reactive ketones (excluding diaryl/α,β-unsaturated/α-hetero) is 1. The van der Waals surface area contributed by atoms with Crippen LogP contribution < -0.4 is 5.73 Å². The number of hydrogen-bond donors (Lipinski definition) is 1. The molecule has 0 aliphatic carbocycles. The predicted molar refractivity (Wildman–Crippen MR) is 63.2 cm³/mol. The summed E-state index contributed by atoms with van der Waals surface area (Å²) in [5.41, 5.74) is 5.50. The fourth-order valence-electron chi connectivity index (χ4n) is 1.21. The Morgan fingerprint density at radius 2 is 1.75 bits per heavy atom. The van der Waals surface area contributed by atoms with Gasteiger partial charge in [0.05, 0.1) is 40.5 Å². The van der Waals surface area contributed by atoms with Crippen LogP contribution in [0.3, 0.4) is 0 Å². The lowest BCUT2D eigenvalue weighted by molar-refractivity contribution is -0.889. The Morgan fingerprint density at radius 1 is 1.12 bits per heavy atom. The molecule has 0 atom stereocenters. The molecule has 0 rings (SSSR count). The maximum Gasteiger partial charge on any atom is 0.155 e. The quantitative estimate of drug-likeness (QED) is 0.413. The second-order valence-electron chi connectivity index (χ2n) is 4.54. The Bertz CT molecular complexity index is 196. The van der Waals surface area contributed by atoms with Gasteiger partial charge in [0, 0.05) is 6.54 Å². The van der Waals surface area contributed by atoms with Crippen molar-refractivity contribution in [2.24, 2.45) is 5.73 Å². The van der Waals surface area contributed by atoms with Crippen molar-refractivity contribution in [2.45, 2.75) is 6.92 Å². The number of carbonyl (C=O) groups is 1. The number of nitrogens with zero attached hydrogens (tertiary/aromatic N) is 1. The smallest absolute Gasteiger partial charge is 0.155 e. The topological polar surface area (TPSA) is 61.5 Å². The zero-order valence-corrected chi connectivity index (χ0v) is 10.7. The molecule has 0 saturated carbocycles. The van der Waals surface area contributed by atoms with Crippen molar-refractivity contribution in [3.8, 4) is 0 Å². The SMILES string of the molecule is CC(=O)COCCOCC[N+](C)(C)CCN. The first kappa shape index (κ1) is 15.5. The van der Waals surface area contributed by atoms with E-state index in [9.17, 15) is 4.79 Å². The molecule has 0 aromatic heterocycles. The van der Waals surface area contributed by atoms with Gasteiger partial charge in [-0.3, -0.25) is 4.79 Å². The molecule has 0 aromatic rings. The van der Waals surface area contributed by atoms with Gasteiger partial charge in [-0.2, -0.15) is 0 Å². The van der Waals surface area contributed by atoms with Crippen molar-refractivity contribution in [3.63, 3.8) is 0 Å². The molecule has 0 spiro atoms. The fraction of sp³-hybridized carbons (Fsp3) is 0.909. The van der Waals surface area contributed by atoms with E-state index >= 15 is 0 Å². The predicted octanol–water partition coefficient (Wildman–Crippen LogP) is -0.356. The van der Waals surface area contributed by atoms with Gasteiger partial charge in [0.1, 0.15) is 13.2 Å². The van der Waals surface area contributed by atoms with Crippen LogP contribution in [-0.4, -0.2) is 70.4 Å². The highest BCUT2D eigenvalue weighted by molar-refractivity contribution is 5.76. The molecule has 5 heteroatoms. The van der Waals surface area contributed by atoms with Gasteiger partial charge in [-0.15, -0.1) is 0 Å². The van der Waals surface area contributed by atoms with E-state index in [0.717, 1.165) is 17.6 Å². The van der Waals surface area contributed by atoms with E-state index in [0.29, 0.717) is 26.4 Å². The molecule has 16 heavy (non-hydrogen) atoms. The average Bonchev–Trinajstić information content (AvgIpc) is 2.15. The lowest BCUT2D eigenvalue weighted by Gasteiger charge is -2.28. The highest BCUT2D eigenvalue weighted by Gasteiger charge is 2.12. The summed E-state index contributed by atoms with van der Waals surface area (Å²) >= 11 is 0. The molecule has 0 aliphatic rings. The van der Waals surface area contributed by atoms with E-state index in [4.69, 9.17) is 15.2 Å². The van der Waals surface area contributed by atoms with Gasteiger partial charge in [0.15, 0.2) is 5.78 Å². The minimum atomic E-state index is 0.0424. The largest absolute Gasteiger partial charge is 0.373 e. The van der Waals surface area contributed by atoms with Gasteiger partial charge in [-0.1, -0.05) is 0 Å². The molecule has 0 aromatic carbocycles. The van der Waals surface area contributed by atoms with Crippen LogP contribution in [0, 0.1) is 0 Å². The van der Waals surface area contributed by atoms with Gasteiger partial charge < -0.3 is 19.7 Å². The van der Waals surface area contributed by atoms with E-state index in [2.05, 4.69) is 14.1 Å². The maximum atomic E-state index is 10.6. The highest BCUT2D eigenvalue weighted by atomic mass is 16.5. The molecule has 0 heterocycles. The van der Waals surface area contributed by atoms with Crippen molar-refractivity contribution in [2.75, 3.05) is 60.2 Å². The summed E-state index contributed by atoms with van der Waals surface area (Å²) in [6.07, 6.45) is 0. The van der Waals surface area contributed by atoms with Gasteiger partial charge in [-0.25, -0.2) is 0 Å². The Kier molecular flexibility index (Phi) is 8.37. The van der Waals surface area contributed by atoms with Crippen LogP contribution in [0.15, 0.2) is 0 Å². The van der Waals surface area contributed by atoms with Crippen LogP contribution >= 0.6 is 0 Å². The Hall–Kier alpha value is -0.490. The van der Waals surface area contributed by atoms with Crippen molar-refractivity contribution >= 4 is 5.78 Å². The Labute approximate surface area is 98.1 Å². The minimum absolute atomic E-state index is 0.0424. The van der Waals surface area contributed by atoms with Crippen molar-refractivity contribution in [1.29, 1.82) is 0 Å². The third-order valence-electron chi connectivity index (χ3n) is 2.25. The summed E-state index contributed by atoms with van der Waals surface area (Å²) in [6, 6.07) is 0. The van der Waals surface area contributed by atoms with Crippen LogP contribution in [0.25, 0.3) is 0 Å². The number of rotatable bonds is 10. The monoisotopic (exact) mass is 233 g/mol. The van der Waals surface area contributed by atoms with E-state index in [1.165, 1.54) is 6.92 Å². The molecule has 0 aliphatic heterocycles. The summed E-state index contributed by atoms with van der Waals surface area (Å²) in [4.78, 5) is 10.6. The first-order valence-corrected chi connectivity index (χ1v) is 5.65. The summed E-state index contributed by atoms with van der Waals surface area (Å²) in [5.74, 6) is 0.0424. The van der Waals surface area contributed by atoms with E-state index in [-0.39, 0.29) is 12.4 Å². The van der Waals surface area contributed by atoms with Crippen LogP contribution in [0.4, 0.5) is 0 Å². The first-order chi connectivity index (χ1) is 7.48. The van der Waals surface area contributed by atoms with Gasteiger partial charge in [0.25, 0.3) is 0 Å². The lowest BCUT2D eigenvalue weighted by atomic mass is 10.4. The normalized spacial score (nSPS) is 11.8. The molecule has 2 N–H and O–H groups in total. The third-order valence-corrected chi connectivity index (χ3v) is 2.25. The standard InChI is InChI=1S/C11H25N2O3/c1-11(14)10-16-9-8-15-7-6-13(2,3)5-4-12/h4-10,12H2,1-3H3/q+1. The molecule has 0 bridgehead atoms. The van der Waals surface area contributed by atoms with Crippen molar-refractivity contribution in [1.82, 2.24) is 0 Å². The number of nitrogens with two attached hydrogens (primary N) is 1. The first-order valence-electron chi connectivity index (χ1n) is 5.65. The molecule has 0 amide bonds. The number of ether oxygens (including phenoxy) is 2. The summed E-state index contributed by atoms with van der Waals surface area (Å²) in [7, 11) is 4.25. The van der Waals surface area contributed by atoms with Crippen molar-refractivity contribution in [3.05, 3.63) is 0 Å². The molecule has 0 fully saturated rings. The van der Waals surface area contributed by atoms with E-state index in [1.54, 1.807) is 0 Å². The third kappa shape index (κ3) is 10.0. The second kappa shape index (κ2) is 8.64. The zero-order valence-electron chi connectivity index (χ0n) is 10.7. The number of likely N-dealkylation sites (N-methyl/N-ethyl adjacent to an activating group) is 1. The van der Waals surface area contributed by atoms with Gasteiger partial charge in [-0.05, 0) is 6.92 Å².